The third-order valence-corrected chi connectivity index (χ3v) is 12.6. The molecule has 0 radical (unpaired) electrons. The minimum absolute atomic E-state index is 0.0977. The molecule has 8 rings (SSSR count). The molecule has 1 saturated carbocycles. The van der Waals surface area contributed by atoms with E-state index in [2.05, 4.69) is 114 Å². The van der Waals surface area contributed by atoms with Gasteiger partial charge in [-0.2, -0.15) is 0 Å². The Bertz CT molecular complexity index is 2270. The highest BCUT2D eigenvalue weighted by molar-refractivity contribution is 8.30. The van der Waals surface area contributed by atoms with Gasteiger partial charge in [0.15, 0.2) is 0 Å². The SMILES string of the molecule is CCN1C(=O)/C(=c2\s/c(=C/c3ccc4c(c3)C3CCCC3N4c3ccc(C=C(c4ccccc4)c4ccccc4)cc3)c(=O)n2C)SC1=S. The van der Waals surface area contributed by atoms with Crippen LogP contribution in [0.5, 0.6) is 0 Å². The number of hydrogen-bond acceptors (Lipinski definition) is 6. The number of thioether (sulfide) groups is 1. The van der Waals surface area contributed by atoms with Gasteiger partial charge < -0.3 is 9.47 Å². The molecule has 2 atom stereocenters. The summed E-state index contributed by atoms with van der Waals surface area (Å²) >= 11 is 8.06. The third kappa shape index (κ3) is 5.71. The van der Waals surface area contributed by atoms with Crippen molar-refractivity contribution in [2.75, 3.05) is 11.4 Å². The zero-order chi connectivity index (χ0) is 33.6. The molecule has 5 aromatic rings. The van der Waals surface area contributed by atoms with Crippen LogP contribution in [0.2, 0.25) is 0 Å². The Balaban J connectivity index is 1.13. The quantitative estimate of drug-likeness (QED) is 0.135. The van der Waals surface area contributed by atoms with Crippen molar-refractivity contribution >= 4 is 79.5 Å². The lowest BCUT2D eigenvalue weighted by Gasteiger charge is -2.27. The van der Waals surface area contributed by atoms with Gasteiger partial charge in [-0.15, -0.1) is 11.3 Å². The normalized spacial score (nSPS) is 19.8. The van der Waals surface area contributed by atoms with Gasteiger partial charge in [0.1, 0.15) is 13.9 Å². The van der Waals surface area contributed by atoms with E-state index >= 15 is 0 Å². The second kappa shape index (κ2) is 13.1. The lowest BCUT2D eigenvalue weighted by Crippen LogP contribution is -2.31. The van der Waals surface area contributed by atoms with Gasteiger partial charge in [-0.1, -0.05) is 109 Å². The number of benzene rings is 4. The smallest absolute Gasteiger partial charge is 0.269 e. The summed E-state index contributed by atoms with van der Waals surface area (Å²) in [5, 5.41) is 0. The Morgan fingerprint density at radius 1 is 0.878 bits per heavy atom. The van der Waals surface area contributed by atoms with E-state index < -0.39 is 0 Å². The first-order valence-corrected chi connectivity index (χ1v) is 18.8. The van der Waals surface area contributed by atoms with E-state index in [4.69, 9.17) is 12.2 Å². The van der Waals surface area contributed by atoms with Crippen molar-refractivity contribution < 1.29 is 4.79 Å². The molecule has 2 aliphatic heterocycles. The predicted molar refractivity (Wildman–Crippen MR) is 209 cm³/mol. The highest BCUT2D eigenvalue weighted by Crippen LogP contribution is 2.52. The van der Waals surface area contributed by atoms with Gasteiger partial charge in [-0.25, -0.2) is 0 Å². The summed E-state index contributed by atoms with van der Waals surface area (Å²) in [6.07, 6.45) is 7.77. The summed E-state index contributed by atoms with van der Waals surface area (Å²) in [4.78, 5) is 31.0. The van der Waals surface area contributed by atoms with Crippen molar-refractivity contribution in [3.05, 3.63) is 150 Å². The first kappa shape index (κ1) is 31.7. The van der Waals surface area contributed by atoms with Crippen molar-refractivity contribution in [2.45, 2.75) is 38.1 Å². The fourth-order valence-corrected chi connectivity index (χ4v) is 10.1. The zero-order valence-corrected chi connectivity index (χ0v) is 29.8. The molecule has 5 nitrogen and oxygen atoms in total. The number of nitrogens with zero attached hydrogens (tertiary/aromatic N) is 3. The maximum atomic E-state index is 13.3. The molecule has 4 aromatic carbocycles. The van der Waals surface area contributed by atoms with E-state index in [0.29, 0.717) is 36.9 Å². The topological polar surface area (TPSA) is 45.6 Å². The van der Waals surface area contributed by atoms with Crippen molar-refractivity contribution in [2.24, 2.45) is 7.05 Å². The lowest BCUT2D eigenvalue weighted by atomic mass is 9.95. The number of hydrogen-bond donors (Lipinski definition) is 0. The zero-order valence-electron chi connectivity index (χ0n) is 27.3. The third-order valence-electron chi connectivity index (χ3n) is 9.86. The monoisotopic (exact) mass is 697 g/mol. The molecule has 1 aromatic heterocycles. The summed E-state index contributed by atoms with van der Waals surface area (Å²) < 4.78 is 3.40. The average molecular weight is 698 g/mol. The number of rotatable bonds is 6. The first-order valence-electron chi connectivity index (χ1n) is 16.7. The maximum absolute atomic E-state index is 13.3. The van der Waals surface area contributed by atoms with E-state index in [1.54, 1.807) is 16.5 Å². The molecule has 244 valence electrons. The average Bonchev–Trinajstić information content (AvgIpc) is 3.87. The maximum Gasteiger partial charge on any atom is 0.269 e. The van der Waals surface area contributed by atoms with Crippen LogP contribution in [-0.4, -0.2) is 32.3 Å². The fraction of sp³-hybridized carbons (Fsp3) is 0.195. The van der Waals surface area contributed by atoms with Gasteiger partial charge in [0.05, 0.1) is 4.53 Å². The second-order valence-corrected chi connectivity index (χ2v) is 15.4. The molecule has 1 saturated heterocycles. The van der Waals surface area contributed by atoms with E-state index in [1.807, 2.05) is 13.0 Å². The van der Waals surface area contributed by atoms with Crippen LogP contribution in [0.3, 0.4) is 0 Å². The van der Waals surface area contributed by atoms with Crippen LogP contribution in [0.15, 0.2) is 108 Å². The van der Waals surface area contributed by atoms with Crippen molar-refractivity contribution in [3.63, 3.8) is 0 Å². The first-order chi connectivity index (χ1) is 23.9. The number of amides is 1. The van der Waals surface area contributed by atoms with Crippen LogP contribution >= 0.6 is 35.3 Å². The van der Waals surface area contributed by atoms with Gasteiger partial charge in [-0.05, 0) is 89.6 Å². The minimum Gasteiger partial charge on any atom is -0.338 e. The molecule has 8 heteroatoms. The van der Waals surface area contributed by atoms with Crippen LogP contribution in [0.25, 0.3) is 22.6 Å². The largest absolute Gasteiger partial charge is 0.338 e. The molecule has 0 N–H and O–H groups in total. The number of thiazole rings is 1. The highest BCUT2D eigenvalue weighted by Gasteiger charge is 2.42. The van der Waals surface area contributed by atoms with Gasteiger partial charge in [0, 0.05) is 36.9 Å². The number of anilines is 2. The molecule has 2 fully saturated rings. The predicted octanol–water partition coefficient (Wildman–Crippen LogP) is 7.64. The van der Waals surface area contributed by atoms with E-state index in [0.717, 1.165) is 24.0 Å². The van der Waals surface area contributed by atoms with E-state index in [9.17, 15) is 9.59 Å². The van der Waals surface area contributed by atoms with Crippen LogP contribution in [0.4, 0.5) is 11.4 Å². The minimum atomic E-state index is -0.123. The molecule has 1 aliphatic carbocycles. The number of thiocarbonyl (C=S) groups is 1. The summed E-state index contributed by atoms with van der Waals surface area (Å²) in [5.74, 6) is 0.333. The van der Waals surface area contributed by atoms with Gasteiger partial charge in [0.2, 0.25) is 0 Å². The van der Waals surface area contributed by atoms with Crippen LogP contribution in [0, 0.1) is 0 Å². The van der Waals surface area contributed by atoms with Crippen molar-refractivity contribution in [1.29, 1.82) is 0 Å². The van der Waals surface area contributed by atoms with Gasteiger partial charge in [0.25, 0.3) is 11.5 Å². The molecule has 3 heterocycles. The fourth-order valence-electron chi connectivity index (χ4n) is 7.48. The Morgan fingerprint density at radius 3 is 2.20 bits per heavy atom. The summed E-state index contributed by atoms with van der Waals surface area (Å²) in [7, 11) is 1.74. The van der Waals surface area contributed by atoms with Crippen molar-refractivity contribution in [3.8, 4) is 0 Å². The molecule has 0 spiro atoms. The Labute approximate surface area is 299 Å². The van der Waals surface area contributed by atoms with Crippen LogP contribution in [0.1, 0.15) is 59.9 Å². The molecular formula is C41H35N3O2S3. The Hall–Kier alpha value is -4.50. The molecule has 49 heavy (non-hydrogen) atoms. The van der Waals surface area contributed by atoms with E-state index in [1.165, 1.54) is 63.2 Å². The van der Waals surface area contributed by atoms with Gasteiger partial charge in [-0.3, -0.25) is 14.5 Å². The molecule has 0 bridgehead atoms. The second-order valence-electron chi connectivity index (χ2n) is 12.7. The van der Waals surface area contributed by atoms with Crippen LogP contribution in [-0.2, 0) is 11.8 Å². The lowest BCUT2D eigenvalue weighted by molar-refractivity contribution is -0.120. The standard InChI is InChI=1S/C41H35N3O2S3/c1-3-43-39(46)37(49-41(43)47)40-42(2)38(45)36(48-40)25-27-19-22-35-33(24-27)31-15-10-16-34(31)44(35)30-20-17-26(18-21-30)23-32(28-11-6-4-7-12-28)29-13-8-5-9-14-29/h4-9,11-14,17-25,31,34H,3,10,15-16H2,1-2H3/b36-25+,40-37+. The molecule has 3 aliphatic rings. The number of carbonyl (C=O) groups is 1. The van der Waals surface area contributed by atoms with Gasteiger partial charge >= 0.3 is 0 Å². The number of carbonyl (C=O) groups excluding carboxylic acids is 1. The Morgan fingerprint density at radius 2 is 1.55 bits per heavy atom. The van der Waals surface area contributed by atoms with E-state index in [-0.39, 0.29) is 11.5 Å². The number of aromatic nitrogens is 1. The van der Waals surface area contributed by atoms with Crippen molar-refractivity contribution in [1.82, 2.24) is 9.47 Å². The molecule has 1 amide bonds. The number of fused-ring (bicyclic) bond motifs is 3. The Kier molecular flexibility index (Phi) is 8.48. The summed E-state index contributed by atoms with van der Waals surface area (Å²) in [6.45, 7) is 2.43. The van der Waals surface area contributed by atoms with Crippen LogP contribution < -0.4 is 19.7 Å². The summed E-state index contributed by atoms with van der Waals surface area (Å²) in [5.41, 5.74) is 9.47. The highest BCUT2D eigenvalue weighted by atomic mass is 32.2. The molecular weight excluding hydrogens is 663 g/mol. The molecule has 2 unspecified atom stereocenters. The summed E-state index contributed by atoms with van der Waals surface area (Å²) in [6, 6.07) is 37.1.